The van der Waals surface area contributed by atoms with Crippen LogP contribution in [0, 0.1) is 23.3 Å². The van der Waals surface area contributed by atoms with Crippen LogP contribution in [0.5, 0.6) is 23.0 Å². The molecule has 0 unspecified atom stereocenters. The fourth-order valence-electron chi connectivity index (χ4n) is 1.39. The first-order valence-electron chi connectivity index (χ1n) is 4.92. The highest BCUT2D eigenvalue weighted by Crippen LogP contribution is 2.34. The maximum atomic E-state index is 13.3. The lowest BCUT2D eigenvalue weighted by molar-refractivity contribution is 0.362. The standard InChI is InChI=1S/C12H6F4O3/c13-8-4-9(14)11(16)12(10(8)15)19-7-2-5(17)1-6(18)3-7/h1-4,17-18H. The minimum absolute atomic E-state index is 0.0392. The molecule has 0 atom stereocenters. The fourth-order valence-corrected chi connectivity index (χ4v) is 1.39. The monoisotopic (exact) mass is 274 g/mol. The van der Waals surface area contributed by atoms with Gasteiger partial charge in [-0.15, -0.1) is 0 Å². The topological polar surface area (TPSA) is 49.7 Å². The normalized spacial score (nSPS) is 10.5. The first kappa shape index (κ1) is 13.0. The van der Waals surface area contributed by atoms with Crippen LogP contribution >= 0.6 is 0 Å². The molecule has 0 aliphatic carbocycles. The summed E-state index contributed by atoms with van der Waals surface area (Å²) in [6, 6.07) is 2.78. The summed E-state index contributed by atoms with van der Waals surface area (Å²) in [4.78, 5) is 0. The zero-order chi connectivity index (χ0) is 14.2. The molecule has 2 N–H and O–H groups in total. The second-order valence-electron chi connectivity index (χ2n) is 3.58. The quantitative estimate of drug-likeness (QED) is 0.651. The molecule has 0 aliphatic rings. The molecule has 0 saturated heterocycles. The second kappa shape index (κ2) is 4.68. The van der Waals surface area contributed by atoms with E-state index in [1.54, 1.807) is 0 Å². The van der Waals surface area contributed by atoms with Crippen molar-refractivity contribution >= 4 is 0 Å². The van der Waals surface area contributed by atoms with E-state index in [0.717, 1.165) is 18.2 Å². The third-order valence-corrected chi connectivity index (χ3v) is 2.17. The van der Waals surface area contributed by atoms with Gasteiger partial charge in [0.2, 0.25) is 17.4 Å². The average Bonchev–Trinajstić information content (AvgIpc) is 2.31. The van der Waals surface area contributed by atoms with Crippen LogP contribution in [0.3, 0.4) is 0 Å². The molecule has 0 aliphatic heterocycles. The highest BCUT2D eigenvalue weighted by molar-refractivity contribution is 5.43. The number of phenols is 2. The third kappa shape index (κ3) is 2.54. The molecule has 0 fully saturated rings. The van der Waals surface area contributed by atoms with E-state index in [0.29, 0.717) is 0 Å². The number of aromatic hydroxyl groups is 2. The van der Waals surface area contributed by atoms with Gasteiger partial charge in [0.05, 0.1) is 0 Å². The number of halogens is 4. The first-order valence-corrected chi connectivity index (χ1v) is 4.92. The van der Waals surface area contributed by atoms with Gasteiger partial charge in [-0.2, -0.15) is 8.78 Å². The molecule has 0 heterocycles. The van der Waals surface area contributed by atoms with E-state index in [2.05, 4.69) is 4.74 Å². The molecule has 2 aromatic rings. The van der Waals surface area contributed by atoms with Gasteiger partial charge in [-0.1, -0.05) is 0 Å². The Labute approximate surface area is 104 Å². The van der Waals surface area contributed by atoms with E-state index in [-0.39, 0.29) is 11.8 Å². The largest absolute Gasteiger partial charge is 0.508 e. The van der Waals surface area contributed by atoms with Crippen molar-refractivity contribution in [3.8, 4) is 23.0 Å². The molecular weight excluding hydrogens is 268 g/mol. The van der Waals surface area contributed by atoms with Gasteiger partial charge in [0.1, 0.15) is 17.2 Å². The zero-order valence-corrected chi connectivity index (χ0v) is 9.12. The summed E-state index contributed by atoms with van der Waals surface area (Å²) >= 11 is 0. The van der Waals surface area contributed by atoms with E-state index >= 15 is 0 Å². The van der Waals surface area contributed by atoms with Crippen LogP contribution in [0.2, 0.25) is 0 Å². The molecule has 0 bridgehead atoms. The predicted octanol–water partition coefficient (Wildman–Crippen LogP) is 3.45. The zero-order valence-electron chi connectivity index (χ0n) is 9.12. The summed E-state index contributed by atoms with van der Waals surface area (Å²) in [6.07, 6.45) is 0. The van der Waals surface area contributed by atoms with Crippen molar-refractivity contribution < 1.29 is 32.5 Å². The van der Waals surface area contributed by atoms with Crippen LogP contribution in [-0.4, -0.2) is 10.2 Å². The molecule has 19 heavy (non-hydrogen) atoms. The minimum atomic E-state index is -1.72. The van der Waals surface area contributed by atoms with Crippen molar-refractivity contribution in [2.45, 2.75) is 0 Å². The van der Waals surface area contributed by atoms with Crippen LogP contribution in [0.4, 0.5) is 17.6 Å². The number of rotatable bonds is 2. The van der Waals surface area contributed by atoms with Crippen molar-refractivity contribution in [3.63, 3.8) is 0 Å². The summed E-state index contributed by atoms with van der Waals surface area (Å²) in [5.41, 5.74) is 0. The molecule has 2 rings (SSSR count). The molecule has 0 saturated carbocycles. The highest BCUT2D eigenvalue weighted by Gasteiger charge is 2.21. The summed E-state index contributed by atoms with van der Waals surface area (Å²) in [5.74, 6) is -9.29. The molecular formula is C12H6F4O3. The van der Waals surface area contributed by atoms with Gasteiger partial charge >= 0.3 is 0 Å². The molecule has 0 amide bonds. The Kier molecular flexibility index (Phi) is 3.20. The fraction of sp³-hybridized carbons (Fsp3) is 0. The van der Waals surface area contributed by atoms with Crippen LogP contribution < -0.4 is 4.74 Å². The van der Waals surface area contributed by atoms with E-state index < -0.39 is 40.5 Å². The van der Waals surface area contributed by atoms with E-state index in [1.165, 1.54) is 0 Å². The molecule has 3 nitrogen and oxygen atoms in total. The lowest BCUT2D eigenvalue weighted by atomic mass is 10.2. The summed E-state index contributed by atoms with van der Waals surface area (Å²) in [6.45, 7) is 0. The van der Waals surface area contributed by atoms with Crippen molar-refractivity contribution in [2.75, 3.05) is 0 Å². The second-order valence-corrected chi connectivity index (χ2v) is 3.58. The van der Waals surface area contributed by atoms with Gasteiger partial charge in [-0.25, -0.2) is 8.78 Å². The summed E-state index contributed by atoms with van der Waals surface area (Å²) < 4.78 is 57.1. The van der Waals surface area contributed by atoms with Crippen molar-refractivity contribution in [3.05, 3.63) is 47.5 Å². The molecule has 0 radical (unpaired) electrons. The van der Waals surface area contributed by atoms with E-state index in [4.69, 9.17) is 10.2 Å². The Morgan fingerprint density at radius 1 is 0.737 bits per heavy atom. The van der Waals surface area contributed by atoms with Crippen LogP contribution in [-0.2, 0) is 0 Å². The Bertz CT molecular complexity index is 597. The third-order valence-electron chi connectivity index (χ3n) is 2.17. The Morgan fingerprint density at radius 2 is 1.21 bits per heavy atom. The highest BCUT2D eigenvalue weighted by atomic mass is 19.2. The maximum Gasteiger partial charge on any atom is 0.204 e. The number of hydrogen-bond donors (Lipinski definition) is 2. The van der Waals surface area contributed by atoms with Crippen LogP contribution in [0.25, 0.3) is 0 Å². The SMILES string of the molecule is Oc1cc(O)cc(Oc2c(F)c(F)cc(F)c2F)c1. The van der Waals surface area contributed by atoms with Crippen molar-refractivity contribution in [1.82, 2.24) is 0 Å². The minimum Gasteiger partial charge on any atom is -0.508 e. The number of phenolic OH excluding ortho intramolecular Hbond substituents is 2. The molecule has 100 valence electrons. The van der Waals surface area contributed by atoms with Gasteiger partial charge in [0.15, 0.2) is 11.6 Å². The Hall–Kier alpha value is -2.44. The van der Waals surface area contributed by atoms with Crippen molar-refractivity contribution in [2.24, 2.45) is 0 Å². The summed E-state index contributed by atoms with van der Waals surface area (Å²) in [5, 5.41) is 18.3. The maximum absolute atomic E-state index is 13.3. The smallest absolute Gasteiger partial charge is 0.204 e. The van der Waals surface area contributed by atoms with Gasteiger partial charge in [0, 0.05) is 24.3 Å². The summed E-state index contributed by atoms with van der Waals surface area (Å²) in [7, 11) is 0. The van der Waals surface area contributed by atoms with Crippen molar-refractivity contribution in [1.29, 1.82) is 0 Å². The first-order chi connectivity index (χ1) is 8.88. The predicted molar refractivity (Wildman–Crippen MR) is 56.1 cm³/mol. The molecule has 0 spiro atoms. The Morgan fingerprint density at radius 3 is 1.68 bits per heavy atom. The van der Waals surface area contributed by atoms with Gasteiger partial charge in [-0.05, 0) is 0 Å². The molecule has 2 aromatic carbocycles. The lowest BCUT2D eigenvalue weighted by Crippen LogP contribution is -1.99. The number of hydrogen-bond acceptors (Lipinski definition) is 3. The van der Waals surface area contributed by atoms with Gasteiger partial charge < -0.3 is 14.9 Å². The van der Waals surface area contributed by atoms with Crippen LogP contribution in [0.15, 0.2) is 24.3 Å². The van der Waals surface area contributed by atoms with Gasteiger partial charge in [0.25, 0.3) is 0 Å². The average molecular weight is 274 g/mol. The van der Waals surface area contributed by atoms with E-state index in [9.17, 15) is 17.6 Å². The molecule has 0 aromatic heterocycles. The molecule has 7 heteroatoms. The van der Waals surface area contributed by atoms with E-state index in [1.807, 2.05) is 0 Å². The lowest BCUT2D eigenvalue weighted by Gasteiger charge is -2.09. The number of benzene rings is 2. The number of ether oxygens (including phenoxy) is 1. The van der Waals surface area contributed by atoms with Gasteiger partial charge in [-0.3, -0.25) is 0 Å². The van der Waals surface area contributed by atoms with Crippen LogP contribution in [0.1, 0.15) is 0 Å². The Balaban J connectivity index is 2.49.